The molecular formula is C30H28N6O6S2. The fourth-order valence-corrected chi connectivity index (χ4v) is 6.92. The number of likely N-dealkylation sites (tertiary alicyclic amines) is 1. The number of aryl methyl sites for hydroxylation is 1. The molecular weight excluding hydrogens is 605 g/mol. The number of aromatic nitrogens is 4. The molecule has 0 unspecified atom stereocenters. The molecule has 3 aromatic carbocycles. The number of rotatable bonds is 9. The molecule has 0 bridgehead atoms. The van der Waals surface area contributed by atoms with Gasteiger partial charge in [-0.1, -0.05) is 60.3 Å². The molecule has 226 valence electrons. The largest absolute Gasteiger partial charge is 0.451 e. The number of carbonyl (C=O) groups is 1. The van der Waals surface area contributed by atoms with Gasteiger partial charge in [0.05, 0.1) is 21.3 Å². The minimum Gasteiger partial charge on any atom is -0.451 e. The topological polar surface area (TPSA) is 154 Å². The van der Waals surface area contributed by atoms with Crippen LogP contribution < -0.4 is 15.0 Å². The van der Waals surface area contributed by atoms with Gasteiger partial charge in [-0.25, -0.2) is 18.4 Å². The number of amides is 1. The normalized spacial score (nSPS) is 14.1. The summed E-state index contributed by atoms with van der Waals surface area (Å²) in [5, 5.41) is 19.8. The molecule has 0 spiro atoms. The van der Waals surface area contributed by atoms with Crippen LogP contribution in [0.5, 0.6) is 5.88 Å². The first-order chi connectivity index (χ1) is 21.3. The van der Waals surface area contributed by atoms with E-state index in [-0.39, 0.29) is 21.5 Å². The number of ether oxygens (including phenoxy) is 1. The van der Waals surface area contributed by atoms with Crippen molar-refractivity contribution < 1.29 is 27.5 Å². The molecule has 3 heterocycles. The summed E-state index contributed by atoms with van der Waals surface area (Å²) in [7, 11) is -4.22. The van der Waals surface area contributed by atoms with E-state index in [4.69, 9.17) is 9.72 Å². The summed E-state index contributed by atoms with van der Waals surface area (Å²) in [5.74, 6) is 0.336. The van der Waals surface area contributed by atoms with Crippen LogP contribution in [0.15, 0.2) is 98.6 Å². The number of nitrogens with one attached hydrogen (secondary N) is 1. The maximum atomic E-state index is 13.1. The predicted molar refractivity (Wildman–Crippen MR) is 162 cm³/mol. The Morgan fingerprint density at radius 3 is 2.52 bits per heavy atom. The molecule has 6 rings (SSSR count). The summed E-state index contributed by atoms with van der Waals surface area (Å²) in [4.78, 5) is 24.0. The smallest absolute Gasteiger partial charge is 0.415 e. The van der Waals surface area contributed by atoms with Crippen LogP contribution in [0.1, 0.15) is 18.4 Å². The van der Waals surface area contributed by atoms with Crippen molar-refractivity contribution >= 4 is 49.9 Å². The summed E-state index contributed by atoms with van der Waals surface area (Å²) < 4.78 is 36.5. The van der Waals surface area contributed by atoms with Gasteiger partial charge in [-0.05, 0) is 47.7 Å². The van der Waals surface area contributed by atoms with E-state index in [0.717, 1.165) is 22.2 Å². The first-order valence-corrected chi connectivity index (χ1v) is 16.3. The minimum absolute atomic E-state index is 0.0789. The van der Waals surface area contributed by atoms with E-state index in [1.54, 1.807) is 23.1 Å². The summed E-state index contributed by atoms with van der Waals surface area (Å²) in [6.45, 7) is 2.79. The van der Waals surface area contributed by atoms with Crippen LogP contribution in [0.25, 0.3) is 10.9 Å². The molecule has 12 nitrogen and oxygen atoms in total. The van der Waals surface area contributed by atoms with Gasteiger partial charge in [-0.15, -0.1) is 0 Å². The van der Waals surface area contributed by atoms with Gasteiger partial charge in [0, 0.05) is 37.0 Å². The van der Waals surface area contributed by atoms with Crippen LogP contribution in [-0.2, 0) is 14.6 Å². The van der Waals surface area contributed by atoms with Gasteiger partial charge in [-0.2, -0.15) is 0 Å². The molecule has 0 saturated carbocycles. The lowest BCUT2D eigenvalue weighted by atomic mass is 10.1. The van der Waals surface area contributed by atoms with Crippen LogP contribution in [0, 0.1) is 12.1 Å². The van der Waals surface area contributed by atoms with Crippen molar-refractivity contribution in [2.24, 2.45) is 0 Å². The highest BCUT2D eigenvalue weighted by atomic mass is 32.2. The summed E-state index contributed by atoms with van der Waals surface area (Å²) in [6.07, 6.45) is 0.383. The van der Waals surface area contributed by atoms with E-state index in [0.29, 0.717) is 36.9 Å². The molecule has 0 radical (unpaired) electrons. The maximum absolute atomic E-state index is 13.1. The zero-order valence-corrected chi connectivity index (χ0v) is 25.3. The third-order valence-corrected chi connectivity index (χ3v) is 9.79. The van der Waals surface area contributed by atoms with Gasteiger partial charge < -0.3 is 20.2 Å². The SMILES string of the molecule is Cc1ccccc1Nc1nc(SCC(=O)N2CCC(Oc3no[n+]([O-])c3S(=O)(=O)c3ccccc3)CC2)nc2ccccc12. The molecule has 44 heavy (non-hydrogen) atoms. The van der Waals surface area contributed by atoms with Gasteiger partial charge in [0.2, 0.25) is 5.91 Å². The monoisotopic (exact) mass is 632 g/mol. The Kier molecular flexibility index (Phi) is 8.35. The maximum Gasteiger partial charge on any atom is 0.415 e. The Balaban J connectivity index is 1.08. The Hall–Kier alpha value is -4.69. The number of para-hydroxylation sites is 2. The zero-order valence-electron chi connectivity index (χ0n) is 23.6. The number of hydrogen-bond donors (Lipinski definition) is 1. The lowest BCUT2D eigenvalue weighted by Crippen LogP contribution is -2.42. The van der Waals surface area contributed by atoms with Crippen LogP contribution in [0.3, 0.4) is 0 Å². The standard InChI is InChI=1S/C30H28N6O6S2/c1-20-9-5-7-13-24(20)31-27-23-12-6-8-14-25(23)32-30(33-27)43-19-26(37)35-17-15-21(16-18-35)41-28-29(36(38)42-34-28)44(39,40)22-10-3-2-4-11-22/h2-14,21H,15-19H2,1H3,(H,31,32,33). The summed E-state index contributed by atoms with van der Waals surface area (Å²) in [6, 6.07) is 23.2. The van der Waals surface area contributed by atoms with Gasteiger partial charge in [0.25, 0.3) is 9.84 Å². The fourth-order valence-electron chi connectivity index (χ4n) is 4.88. The molecule has 1 fully saturated rings. The van der Waals surface area contributed by atoms with Crippen LogP contribution in [0.4, 0.5) is 11.5 Å². The van der Waals surface area contributed by atoms with Crippen LogP contribution >= 0.6 is 11.8 Å². The predicted octanol–water partition coefficient (Wildman–Crippen LogP) is 4.30. The molecule has 0 atom stereocenters. The van der Waals surface area contributed by atoms with Crippen molar-refractivity contribution in [2.45, 2.75) is 40.9 Å². The number of nitrogens with zero attached hydrogens (tertiary/aromatic N) is 5. The fraction of sp³-hybridized carbons (Fsp3) is 0.233. The van der Waals surface area contributed by atoms with Crippen LogP contribution in [-0.4, -0.2) is 59.3 Å². The van der Waals surface area contributed by atoms with Crippen LogP contribution in [0.2, 0.25) is 0 Å². The van der Waals surface area contributed by atoms with Crippen molar-refractivity contribution in [3.63, 3.8) is 0 Å². The Morgan fingerprint density at radius 1 is 1.05 bits per heavy atom. The Labute approximate surface area is 257 Å². The number of sulfone groups is 1. The first kappa shape index (κ1) is 29.4. The number of benzene rings is 3. The first-order valence-electron chi connectivity index (χ1n) is 13.9. The van der Waals surface area contributed by atoms with E-state index in [2.05, 4.69) is 20.1 Å². The van der Waals surface area contributed by atoms with Crippen molar-refractivity contribution in [1.82, 2.24) is 20.0 Å². The van der Waals surface area contributed by atoms with Crippen molar-refractivity contribution in [2.75, 3.05) is 24.2 Å². The van der Waals surface area contributed by atoms with Gasteiger partial charge in [0.15, 0.2) is 5.16 Å². The molecule has 1 amide bonds. The number of anilines is 2. The van der Waals surface area contributed by atoms with E-state index < -0.39 is 26.8 Å². The Bertz CT molecular complexity index is 1910. The molecule has 2 aromatic heterocycles. The lowest BCUT2D eigenvalue weighted by Gasteiger charge is -2.31. The van der Waals surface area contributed by atoms with Crippen molar-refractivity contribution in [3.8, 4) is 5.88 Å². The molecule has 1 aliphatic heterocycles. The van der Waals surface area contributed by atoms with E-state index in [1.807, 2.05) is 55.5 Å². The summed E-state index contributed by atoms with van der Waals surface area (Å²) in [5.41, 5.74) is 2.79. The highest BCUT2D eigenvalue weighted by Gasteiger charge is 2.37. The zero-order chi connectivity index (χ0) is 30.7. The second kappa shape index (κ2) is 12.5. The quantitative estimate of drug-likeness (QED) is 0.141. The Morgan fingerprint density at radius 2 is 1.75 bits per heavy atom. The average Bonchev–Trinajstić information content (AvgIpc) is 3.42. The average molecular weight is 633 g/mol. The van der Waals surface area contributed by atoms with Crippen molar-refractivity contribution in [3.05, 3.63) is 89.6 Å². The minimum atomic E-state index is -4.22. The van der Waals surface area contributed by atoms with Gasteiger partial charge in [-0.3, -0.25) is 9.42 Å². The molecule has 1 saturated heterocycles. The molecule has 0 aliphatic carbocycles. The highest BCUT2D eigenvalue weighted by molar-refractivity contribution is 7.99. The number of hydrogen-bond acceptors (Lipinski definition) is 11. The number of thioether (sulfide) groups is 1. The second-order valence-electron chi connectivity index (χ2n) is 10.2. The number of fused-ring (bicyclic) bond motifs is 1. The third-order valence-electron chi connectivity index (χ3n) is 7.23. The molecule has 1 aliphatic rings. The van der Waals surface area contributed by atoms with Gasteiger partial charge in [0.1, 0.15) is 11.9 Å². The van der Waals surface area contributed by atoms with E-state index >= 15 is 0 Å². The molecule has 1 N–H and O–H groups in total. The van der Waals surface area contributed by atoms with Gasteiger partial charge >= 0.3 is 10.9 Å². The van der Waals surface area contributed by atoms with E-state index in [1.165, 1.54) is 23.9 Å². The third kappa shape index (κ3) is 6.17. The molecule has 14 heteroatoms. The number of carbonyl (C=O) groups excluding carboxylic acids is 1. The highest BCUT2D eigenvalue weighted by Crippen LogP contribution is 2.30. The molecule has 5 aromatic rings. The second-order valence-corrected chi connectivity index (χ2v) is 13.0. The number of piperidine rings is 1. The summed E-state index contributed by atoms with van der Waals surface area (Å²) >= 11 is 1.26. The van der Waals surface area contributed by atoms with Crippen molar-refractivity contribution in [1.29, 1.82) is 0 Å². The van der Waals surface area contributed by atoms with E-state index in [9.17, 15) is 18.4 Å². The lowest BCUT2D eigenvalue weighted by molar-refractivity contribution is -0.832.